The first kappa shape index (κ1) is 14.7. The van der Waals surface area contributed by atoms with Crippen molar-refractivity contribution in [3.63, 3.8) is 0 Å². The van der Waals surface area contributed by atoms with Gasteiger partial charge in [-0.1, -0.05) is 17.7 Å². The van der Waals surface area contributed by atoms with Crippen LogP contribution in [-0.4, -0.2) is 8.42 Å². The lowest BCUT2D eigenvalue weighted by Gasteiger charge is -2.08. The monoisotopic (exact) mass is 317 g/mol. The quantitative estimate of drug-likeness (QED) is 0.698. The minimum atomic E-state index is -3.76. The smallest absolute Gasteiger partial charge is 0.184 e. The van der Waals surface area contributed by atoms with Crippen LogP contribution in [0.15, 0.2) is 41.3 Å². The Morgan fingerprint density at radius 1 is 1.10 bits per heavy atom. The number of hydrogen-bond donors (Lipinski definition) is 1. The third-order valence-corrected chi connectivity index (χ3v) is 4.69. The lowest BCUT2D eigenvalue weighted by molar-refractivity contribution is 0.594. The largest absolute Gasteiger partial charge is 0.398 e. The highest BCUT2D eigenvalue weighted by Gasteiger charge is 2.19. The molecule has 0 saturated carbocycles. The third-order valence-electron chi connectivity index (χ3n) is 2.65. The van der Waals surface area contributed by atoms with Gasteiger partial charge >= 0.3 is 0 Å². The molecule has 0 radical (unpaired) electrons. The van der Waals surface area contributed by atoms with Crippen LogP contribution in [0.4, 0.5) is 14.5 Å². The topological polar surface area (TPSA) is 60.2 Å². The Morgan fingerprint density at radius 2 is 1.80 bits per heavy atom. The standard InChI is InChI=1S/C13H10ClF2NO2S/c14-10-5-8(1-3-11(10)16)7-20(18,19)13-4-2-9(15)6-12(13)17/h1-6H,7,17H2. The Kier molecular flexibility index (Phi) is 3.96. The molecular formula is C13H10ClF2NO2S. The minimum Gasteiger partial charge on any atom is -0.398 e. The van der Waals surface area contributed by atoms with E-state index in [1.807, 2.05) is 0 Å². The van der Waals surface area contributed by atoms with E-state index in [0.717, 1.165) is 24.3 Å². The molecule has 2 rings (SSSR count). The predicted molar refractivity (Wildman–Crippen MR) is 73.1 cm³/mol. The van der Waals surface area contributed by atoms with Crippen LogP contribution in [-0.2, 0) is 15.6 Å². The van der Waals surface area contributed by atoms with E-state index in [0.29, 0.717) is 5.56 Å². The number of rotatable bonds is 3. The Bertz CT molecular complexity index is 763. The molecule has 0 heterocycles. The minimum absolute atomic E-state index is 0.162. The van der Waals surface area contributed by atoms with Crippen molar-refractivity contribution < 1.29 is 17.2 Å². The number of sulfone groups is 1. The molecule has 3 nitrogen and oxygen atoms in total. The summed E-state index contributed by atoms with van der Waals surface area (Å²) in [6, 6.07) is 6.68. The molecule has 0 fully saturated rings. The summed E-state index contributed by atoms with van der Waals surface area (Å²) in [5.41, 5.74) is 5.66. The van der Waals surface area contributed by atoms with Gasteiger partial charge in [-0.2, -0.15) is 0 Å². The van der Waals surface area contributed by atoms with Crippen LogP contribution in [0, 0.1) is 11.6 Å². The molecule has 2 N–H and O–H groups in total. The molecule has 106 valence electrons. The van der Waals surface area contributed by atoms with Crippen molar-refractivity contribution in [2.45, 2.75) is 10.6 Å². The maximum atomic E-state index is 13.0. The van der Waals surface area contributed by atoms with Crippen molar-refractivity contribution in [2.24, 2.45) is 0 Å². The van der Waals surface area contributed by atoms with Gasteiger partial charge in [0.1, 0.15) is 11.6 Å². The normalized spacial score (nSPS) is 11.6. The van der Waals surface area contributed by atoms with Gasteiger partial charge in [0.15, 0.2) is 9.84 Å². The Morgan fingerprint density at radius 3 is 2.40 bits per heavy atom. The average Bonchev–Trinajstić information content (AvgIpc) is 2.33. The molecule has 0 amide bonds. The van der Waals surface area contributed by atoms with Crippen molar-refractivity contribution in [3.05, 3.63) is 58.6 Å². The fourth-order valence-corrected chi connectivity index (χ4v) is 3.40. The average molecular weight is 318 g/mol. The van der Waals surface area contributed by atoms with Gasteiger partial charge in [0, 0.05) is 0 Å². The van der Waals surface area contributed by atoms with Gasteiger partial charge in [-0.3, -0.25) is 0 Å². The van der Waals surface area contributed by atoms with Crippen LogP contribution >= 0.6 is 11.6 Å². The number of halogens is 3. The van der Waals surface area contributed by atoms with E-state index in [1.54, 1.807) is 0 Å². The summed E-state index contributed by atoms with van der Waals surface area (Å²) in [6.45, 7) is 0. The zero-order valence-electron chi connectivity index (χ0n) is 10.1. The molecular weight excluding hydrogens is 308 g/mol. The molecule has 0 aliphatic heterocycles. The SMILES string of the molecule is Nc1cc(F)ccc1S(=O)(=O)Cc1ccc(F)c(Cl)c1. The van der Waals surface area contributed by atoms with Crippen LogP contribution in [0.5, 0.6) is 0 Å². The van der Waals surface area contributed by atoms with E-state index in [4.69, 9.17) is 17.3 Å². The molecule has 2 aromatic carbocycles. The van der Waals surface area contributed by atoms with Gasteiger partial charge in [-0.05, 0) is 35.9 Å². The first-order valence-corrected chi connectivity index (χ1v) is 7.54. The van der Waals surface area contributed by atoms with E-state index in [2.05, 4.69) is 0 Å². The van der Waals surface area contributed by atoms with E-state index in [-0.39, 0.29) is 15.6 Å². The van der Waals surface area contributed by atoms with E-state index >= 15 is 0 Å². The predicted octanol–water partition coefficient (Wildman–Crippen LogP) is 3.17. The summed E-state index contributed by atoms with van der Waals surface area (Å²) in [7, 11) is -3.76. The molecule has 7 heteroatoms. The number of hydrogen-bond acceptors (Lipinski definition) is 3. The first-order valence-electron chi connectivity index (χ1n) is 5.51. The Hall–Kier alpha value is -1.66. The van der Waals surface area contributed by atoms with E-state index in [9.17, 15) is 17.2 Å². The fourth-order valence-electron chi connectivity index (χ4n) is 1.73. The van der Waals surface area contributed by atoms with Crippen LogP contribution in [0.2, 0.25) is 5.02 Å². The molecule has 0 saturated heterocycles. The highest BCUT2D eigenvalue weighted by Crippen LogP contribution is 2.25. The number of anilines is 1. The van der Waals surface area contributed by atoms with Gasteiger partial charge in [0.05, 0.1) is 21.4 Å². The summed E-state index contributed by atoms with van der Waals surface area (Å²) in [5.74, 6) is -1.65. The van der Waals surface area contributed by atoms with Crippen LogP contribution in [0.25, 0.3) is 0 Å². The summed E-state index contributed by atoms with van der Waals surface area (Å²) in [5, 5.41) is -0.162. The zero-order chi connectivity index (χ0) is 14.9. The fraction of sp³-hybridized carbons (Fsp3) is 0.0769. The van der Waals surface area contributed by atoms with Crippen molar-refractivity contribution in [3.8, 4) is 0 Å². The molecule has 20 heavy (non-hydrogen) atoms. The number of benzene rings is 2. The maximum Gasteiger partial charge on any atom is 0.184 e. The molecule has 0 aliphatic rings. The van der Waals surface area contributed by atoms with Gasteiger partial charge in [0.2, 0.25) is 0 Å². The molecule has 0 atom stereocenters. The van der Waals surface area contributed by atoms with E-state index < -0.39 is 27.2 Å². The second-order valence-electron chi connectivity index (χ2n) is 4.19. The molecule has 0 aliphatic carbocycles. The summed E-state index contributed by atoms with van der Waals surface area (Å²) >= 11 is 5.60. The van der Waals surface area contributed by atoms with Gasteiger partial charge < -0.3 is 5.73 Å². The summed E-state index contributed by atoms with van der Waals surface area (Å²) in [6.07, 6.45) is 0. The third kappa shape index (κ3) is 3.08. The lowest BCUT2D eigenvalue weighted by atomic mass is 10.2. The van der Waals surface area contributed by atoms with Crippen molar-refractivity contribution in [1.29, 1.82) is 0 Å². The van der Waals surface area contributed by atoms with Crippen LogP contribution < -0.4 is 5.73 Å². The summed E-state index contributed by atoms with van der Waals surface area (Å²) in [4.78, 5) is -0.167. The highest BCUT2D eigenvalue weighted by atomic mass is 35.5. The lowest BCUT2D eigenvalue weighted by Crippen LogP contribution is -2.08. The highest BCUT2D eigenvalue weighted by molar-refractivity contribution is 7.90. The zero-order valence-corrected chi connectivity index (χ0v) is 11.7. The molecule has 0 unspecified atom stereocenters. The van der Waals surface area contributed by atoms with Gasteiger partial charge in [-0.25, -0.2) is 17.2 Å². The number of nitrogens with two attached hydrogens (primary N) is 1. The van der Waals surface area contributed by atoms with Crippen LogP contribution in [0.3, 0.4) is 0 Å². The van der Waals surface area contributed by atoms with Gasteiger partial charge in [-0.15, -0.1) is 0 Å². The molecule has 0 aromatic heterocycles. The second-order valence-corrected chi connectivity index (χ2v) is 6.55. The van der Waals surface area contributed by atoms with Crippen molar-refractivity contribution in [2.75, 3.05) is 5.73 Å². The van der Waals surface area contributed by atoms with Crippen molar-refractivity contribution in [1.82, 2.24) is 0 Å². The number of nitrogen functional groups attached to an aromatic ring is 1. The molecule has 0 spiro atoms. The molecule has 0 bridgehead atoms. The Balaban J connectivity index is 2.38. The van der Waals surface area contributed by atoms with Crippen LogP contribution in [0.1, 0.15) is 5.56 Å². The Labute approximate surface area is 119 Å². The molecule has 2 aromatic rings. The summed E-state index contributed by atoms with van der Waals surface area (Å²) < 4.78 is 50.3. The second kappa shape index (κ2) is 5.38. The van der Waals surface area contributed by atoms with Gasteiger partial charge in [0.25, 0.3) is 0 Å². The maximum absolute atomic E-state index is 13.0. The van der Waals surface area contributed by atoms with E-state index in [1.165, 1.54) is 12.1 Å². The first-order chi connectivity index (χ1) is 9.29. The van der Waals surface area contributed by atoms with Crippen molar-refractivity contribution >= 4 is 27.1 Å².